The summed E-state index contributed by atoms with van der Waals surface area (Å²) in [5.41, 5.74) is 2.10. The summed E-state index contributed by atoms with van der Waals surface area (Å²) in [4.78, 5) is 26.0. The average Bonchev–Trinajstić information content (AvgIpc) is 3.02. The van der Waals surface area contributed by atoms with Crippen LogP contribution in [0.4, 0.5) is 5.00 Å². The van der Waals surface area contributed by atoms with Crippen LogP contribution in [0.1, 0.15) is 46.0 Å². The molecule has 0 saturated carbocycles. The van der Waals surface area contributed by atoms with E-state index in [1.165, 1.54) is 16.2 Å². The SMILES string of the molecule is CC(C)c1ccc(C(=O)Nc2sccc2C(=O)N(C)CC#N)cc1. The number of carbonyl (C=O) groups excluding carboxylic acids is 2. The minimum Gasteiger partial charge on any atom is -0.328 e. The van der Waals surface area contributed by atoms with Gasteiger partial charge in [-0.15, -0.1) is 11.3 Å². The van der Waals surface area contributed by atoms with E-state index < -0.39 is 0 Å². The number of carbonyl (C=O) groups is 2. The zero-order valence-electron chi connectivity index (χ0n) is 13.9. The van der Waals surface area contributed by atoms with E-state index in [4.69, 9.17) is 5.26 Å². The number of nitriles is 1. The number of rotatable bonds is 5. The van der Waals surface area contributed by atoms with Crippen LogP contribution < -0.4 is 5.32 Å². The van der Waals surface area contributed by atoms with Gasteiger partial charge >= 0.3 is 0 Å². The Hall–Kier alpha value is -2.65. The maximum Gasteiger partial charge on any atom is 0.257 e. The van der Waals surface area contributed by atoms with Crippen LogP contribution in [0.25, 0.3) is 0 Å². The Morgan fingerprint density at radius 1 is 1.25 bits per heavy atom. The monoisotopic (exact) mass is 341 g/mol. The second kappa shape index (κ2) is 7.75. The molecule has 0 aliphatic rings. The molecule has 2 amide bonds. The molecular formula is C18H19N3O2S. The van der Waals surface area contributed by atoms with Crippen molar-refractivity contribution in [3.63, 3.8) is 0 Å². The molecule has 0 spiro atoms. The smallest absolute Gasteiger partial charge is 0.257 e. The van der Waals surface area contributed by atoms with Gasteiger partial charge in [-0.3, -0.25) is 9.59 Å². The Bertz CT molecular complexity index is 772. The molecule has 0 unspecified atom stereocenters. The number of amides is 2. The molecule has 124 valence electrons. The third-order valence-corrected chi connectivity index (χ3v) is 4.45. The zero-order chi connectivity index (χ0) is 17.7. The van der Waals surface area contributed by atoms with Crippen molar-refractivity contribution in [3.05, 3.63) is 52.4 Å². The highest BCUT2D eigenvalue weighted by atomic mass is 32.1. The first-order valence-electron chi connectivity index (χ1n) is 7.55. The third-order valence-electron chi connectivity index (χ3n) is 3.62. The number of benzene rings is 1. The van der Waals surface area contributed by atoms with Gasteiger partial charge in [-0.1, -0.05) is 26.0 Å². The molecular weight excluding hydrogens is 322 g/mol. The van der Waals surface area contributed by atoms with Crippen molar-refractivity contribution in [1.82, 2.24) is 4.90 Å². The minimum absolute atomic E-state index is 0.00126. The van der Waals surface area contributed by atoms with E-state index in [2.05, 4.69) is 19.2 Å². The molecule has 1 aromatic carbocycles. The maximum atomic E-state index is 12.4. The Morgan fingerprint density at radius 2 is 1.92 bits per heavy atom. The van der Waals surface area contributed by atoms with Crippen molar-refractivity contribution in [2.24, 2.45) is 0 Å². The molecule has 2 aromatic rings. The van der Waals surface area contributed by atoms with E-state index in [1.807, 2.05) is 18.2 Å². The molecule has 1 aromatic heterocycles. The molecule has 0 aliphatic carbocycles. The van der Waals surface area contributed by atoms with Crippen LogP contribution in [-0.2, 0) is 0 Å². The Kier molecular flexibility index (Phi) is 5.72. The van der Waals surface area contributed by atoms with E-state index in [0.717, 1.165) is 5.56 Å². The highest BCUT2D eigenvalue weighted by Crippen LogP contribution is 2.25. The van der Waals surface area contributed by atoms with Gasteiger partial charge in [0.1, 0.15) is 11.5 Å². The van der Waals surface area contributed by atoms with Gasteiger partial charge in [0.15, 0.2) is 0 Å². The summed E-state index contributed by atoms with van der Waals surface area (Å²) in [6, 6.07) is 11.0. The van der Waals surface area contributed by atoms with Gasteiger partial charge in [-0.05, 0) is 35.1 Å². The van der Waals surface area contributed by atoms with Crippen molar-refractivity contribution < 1.29 is 9.59 Å². The summed E-state index contributed by atoms with van der Waals surface area (Å²) < 4.78 is 0. The van der Waals surface area contributed by atoms with Crippen LogP contribution in [0.3, 0.4) is 0 Å². The first kappa shape index (κ1) is 17.7. The molecule has 24 heavy (non-hydrogen) atoms. The van der Waals surface area contributed by atoms with Crippen LogP contribution in [0.5, 0.6) is 0 Å². The van der Waals surface area contributed by atoms with E-state index in [9.17, 15) is 9.59 Å². The molecule has 0 aliphatic heterocycles. The van der Waals surface area contributed by atoms with Gasteiger partial charge in [-0.25, -0.2) is 0 Å². The first-order chi connectivity index (χ1) is 11.4. The summed E-state index contributed by atoms with van der Waals surface area (Å²) in [6.07, 6.45) is 0. The van der Waals surface area contributed by atoms with Crippen LogP contribution in [0, 0.1) is 11.3 Å². The molecule has 0 saturated heterocycles. The highest BCUT2D eigenvalue weighted by Gasteiger charge is 2.19. The van der Waals surface area contributed by atoms with Crippen molar-refractivity contribution in [2.45, 2.75) is 19.8 Å². The average molecular weight is 341 g/mol. The standard InChI is InChI=1S/C18H19N3O2S/c1-12(2)13-4-6-14(7-5-13)16(22)20-17-15(8-11-24-17)18(23)21(3)10-9-19/h4-8,11-12H,10H2,1-3H3,(H,20,22). The molecule has 0 radical (unpaired) electrons. The molecule has 2 rings (SSSR count). The van der Waals surface area contributed by atoms with Gasteiger partial charge in [-0.2, -0.15) is 5.26 Å². The highest BCUT2D eigenvalue weighted by molar-refractivity contribution is 7.14. The van der Waals surface area contributed by atoms with E-state index in [0.29, 0.717) is 22.0 Å². The van der Waals surface area contributed by atoms with Crippen molar-refractivity contribution >= 4 is 28.2 Å². The van der Waals surface area contributed by atoms with Gasteiger partial charge in [0.05, 0.1) is 11.6 Å². The van der Waals surface area contributed by atoms with Gasteiger partial charge in [0.2, 0.25) is 0 Å². The van der Waals surface area contributed by atoms with Crippen LogP contribution in [0.2, 0.25) is 0 Å². The maximum absolute atomic E-state index is 12.4. The van der Waals surface area contributed by atoms with E-state index in [-0.39, 0.29) is 18.4 Å². The fourth-order valence-corrected chi connectivity index (χ4v) is 2.93. The van der Waals surface area contributed by atoms with Crippen LogP contribution in [0.15, 0.2) is 35.7 Å². The molecule has 0 atom stereocenters. The predicted molar refractivity (Wildman–Crippen MR) is 95.4 cm³/mol. The lowest BCUT2D eigenvalue weighted by Crippen LogP contribution is -2.27. The fraction of sp³-hybridized carbons (Fsp3) is 0.278. The van der Waals surface area contributed by atoms with Gasteiger partial charge < -0.3 is 10.2 Å². The summed E-state index contributed by atoms with van der Waals surface area (Å²) in [5, 5.41) is 13.7. The zero-order valence-corrected chi connectivity index (χ0v) is 14.7. The normalized spacial score (nSPS) is 10.3. The lowest BCUT2D eigenvalue weighted by molar-refractivity contribution is 0.0813. The Balaban J connectivity index is 2.14. The first-order valence-corrected chi connectivity index (χ1v) is 8.43. The lowest BCUT2D eigenvalue weighted by Gasteiger charge is -2.13. The second-order valence-electron chi connectivity index (χ2n) is 5.71. The number of hydrogen-bond acceptors (Lipinski definition) is 4. The molecule has 5 nitrogen and oxygen atoms in total. The summed E-state index contributed by atoms with van der Waals surface area (Å²) in [6.45, 7) is 4.19. The van der Waals surface area contributed by atoms with Crippen LogP contribution >= 0.6 is 11.3 Å². The van der Waals surface area contributed by atoms with Crippen LogP contribution in [-0.4, -0.2) is 30.3 Å². The Labute approximate surface area is 145 Å². The molecule has 1 heterocycles. The fourth-order valence-electron chi connectivity index (χ4n) is 2.15. The Morgan fingerprint density at radius 3 is 2.50 bits per heavy atom. The lowest BCUT2D eigenvalue weighted by atomic mass is 10.0. The largest absolute Gasteiger partial charge is 0.328 e. The van der Waals surface area contributed by atoms with Crippen molar-refractivity contribution in [2.75, 3.05) is 18.9 Å². The molecule has 0 fully saturated rings. The topological polar surface area (TPSA) is 73.2 Å². The number of hydrogen-bond donors (Lipinski definition) is 1. The third kappa shape index (κ3) is 4.00. The summed E-state index contributed by atoms with van der Waals surface area (Å²) in [7, 11) is 1.56. The number of anilines is 1. The molecule has 0 bridgehead atoms. The van der Waals surface area contributed by atoms with Gasteiger partial charge in [0, 0.05) is 12.6 Å². The molecule has 6 heteroatoms. The van der Waals surface area contributed by atoms with Gasteiger partial charge in [0.25, 0.3) is 11.8 Å². The molecule has 1 N–H and O–H groups in total. The summed E-state index contributed by atoms with van der Waals surface area (Å²) in [5.74, 6) is -0.146. The number of nitrogens with zero attached hydrogens (tertiary/aromatic N) is 2. The van der Waals surface area contributed by atoms with E-state index in [1.54, 1.807) is 30.6 Å². The second-order valence-corrected chi connectivity index (χ2v) is 6.63. The van der Waals surface area contributed by atoms with Crippen molar-refractivity contribution in [1.29, 1.82) is 5.26 Å². The summed E-state index contributed by atoms with van der Waals surface area (Å²) >= 11 is 1.28. The van der Waals surface area contributed by atoms with Crippen molar-refractivity contribution in [3.8, 4) is 6.07 Å². The minimum atomic E-state index is -0.289. The number of thiophene rings is 1. The number of nitrogens with one attached hydrogen (secondary N) is 1. The van der Waals surface area contributed by atoms with E-state index >= 15 is 0 Å². The predicted octanol–water partition coefficient (Wildman–Crippen LogP) is 3.72. The quantitative estimate of drug-likeness (QED) is 0.842.